The van der Waals surface area contributed by atoms with Crippen molar-refractivity contribution in [2.24, 2.45) is 0 Å². The molecule has 1 fully saturated rings. The fraction of sp³-hybridized carbons (Fsp3) is 0.316. The molecule has 2 N–H and O–H groups in total. The molecular weight excluding hydrogens is 308 g/mol. The first-order valence-electron chi connectivity index (χ1n) is 10.7. The molecule has 4 atom stereocenters. The van der Waals surface area contributed by atoms with Crippen molar-refractivity contribution < 1.29 is 13.3 Å². The molecule has 0 saturated carbocycles. The van der Waals surface area contributed by atoms with Crippen molar-refractivity contribution >= 4 is 17.2 Å². The van der Waals surface area contributed by atoms with Gasteiger partial charge in [-0.05, 0) is 73.5 Å². The molecule has 1 aromatic heterocycles. The Morgan fingerprint density at radius 3 is 2.78 bits per heavy atom. The fourth-order valence-corrected chi connectivity index (χ4v) is 3.19. The molecule has 1 aliphatic carbocycles. The van der Waals surface area contributed by atoms with Gasteiger partial charge in [0.25, 0.3) is 0 Å². The van der Waals surface area contributed by atoms with Gasteiger partial charge in [-0.1, -0.05) is 23.2 Å². The number of rotatable bonds is 0. The van der Waals surface area contributed by atoms with Crippen molar-refractivity contribution in [3.05, 3.63) is 63.4 Å². The van der Waals surface area contributed by atoms with Gasteiger partial charge in [0.05, 0.1) is 14.6 Å². The van der Waals surface area contributed by atoms with Crippen LogP contribution in [0.5, 0.6) is 5.75 Å². The van der Waals surface area contributed by atoms with Crippen molar-refractivity contribution in [2.45, 2.75) is 25.6 Å². The minimum absolute atomic E-state index is 0.0830. The van der Waals surface area contributed by atoms with E-state index in [9.17, 15) is 5.11 Å². The van der Waals surface area contributed by atoms with Crippen LogP contribution in [0.25, 0.3) is 5.57 Å². The van der Waals surface area contributed by atoms with Crippen LogP contribution in [0, 0.1) is 0 Å². The standard InChI is InChI=1S/C19H19ClN2O/c20-15-3-4-17-13(9-15)1-2-14-10-16(23)11-22-19(14)18(17)12-5-7-21-8-6-12/h3-4,9-11,21,23H,1-2,5-8H2/i5D,6D,7D,8D,9D,10D. The second-order valence-corrected chi connectivity index (χ2v) is 5.86. The highest BCUT2D eigenvalue weighted by Crippen LogP contribution is 2.38. The normalized spacial score (nSPS) is 34.0. The Morgan fingerprint density at radius 1 is 1.17 bits per heavy atom. The number of hydrogen-bond acceptors (Lipinski definition) is 3. The molecule has 118 valence electrons. The Bertz CT molecular complexity index is 953. The van der Waals surface area contributed by atoms with Crippen molar-refractivity contribution in [2.75, 3.05) is 13.0 Å². The van der Waals surface area contributed by atoms with E-state index >= 15 is 0 Å². The average Bonchev–Trinajstić information content (AvgIpc) is 2.84. The van der Waals surface area contributed by atoms with Gasteiger partial charge in [-0.3, -0.25) is 4.98 Å². The van der Waals surface area contributed by atoms with E-state index in [2.05, 4.69) is 10.3 Å². The third-order valence-electron chi connectivity index (χ3n) is 4.01. The van der Waals surface area contributed by atoms with Gasteiger partial charge in [-0.25, -0.2) is 0 Å². The maximum absolute atomic E-state index is 10.00. The molecule has 0 radical (unpaired) electrons. The molecule has 23 heavy (non-hydrogen) atoms. The molecule has 2 aliphatic rings. The molecule has 2 heterocycles. The van der Waals surface area contributed by atoms with Crippen molar-refractivity contribution in [3.8, 4) is 5.75 Å². The molecule has 1 aliphatic heterocycles. The first-order valence-corrected chi connectivity index (χ1v) is 7.75. The van der Waals surface area contributed by atoms with Crippen LogP contribution in [0.15, 0.2) is 36.0 Å². The Morgan fingerprint density at radius 2 is 1.96 bits per heavy atom. The van der Waals surface area contributed by atoms with Crippen LogP contribution in [-0.4, -0.2) is 23.1 Å². The minimum atomic E-state index is -1.12. The zero-order chi connectivity index (χ0) is 21.0. The van der Waals surface area contributed by atoms with E-state index in [-0.39, 0.29) is 28.4 Å². The largest absolute Gasteiger partial charge is 0.506 e. The smallest absolute Gasteiger partial charge is 0.134 e. The molecule has 2 aromatic rings. The Hall–Kier alpha value is -1.84. The third-order valence-corrected chi connectivity index (χ3v) is 4.23. The Labute approximate surface area is 149 Å². The molecule has 0 bridgehead atoms. The molecule has 3 nitrogen and oxygen atoms in total. The second kappa shape index (κ2) is 5.99. The maximum atomic E-state index is 10.00. The summed E-state index contributed by atoms with van der Waals surface area (Å²) in [5.74, 6) is -0.268. The van der Waals surface area contributed by atoms with Crippen LogP contribution in [0.3, 0.4) is 0 Å². The van der Waals surface area contributed by atoms with Gasteiger partial charge in [0.1, 0.15) is 5.75 Å². The number of fused-ring (bicyclic) bond motifs is 2. The second-order valence-electron chi connectivity index (χ2n) is 5.46. The molecular formula is C19H19ClN2O. The monoisotopic (exact) mass is 332 g/mol. The highest BCUT2D eigenvalue weighted by molar-refractivity contribution is 6.30. The number of pyridine rings is 1. The van der Waals surface area contributed by atoms with Crippen LogP contribution in [-0.2, 0) is 12.8 Å². The summed E-state index contributed by atoms with van der Waals surface area (Å²) in [4.78, 5) is 4.33. The molecule has 1 aromatic carbocycles. The van der Waals surface area contributed by atoms with Gasteiger partial charge < -0.3 is 10.4 Å². The summed E-state index contributed by atoms with van der Waals surface area (Å²) in [5, 5.41) is 12.9. The quantitative estimate of drug-likeness (QED) is 0.772. The van der Waals surface area contributed by atoms with Gasteiger partial charge in [0.2, 0.25) is 0 Å². The van der Waals surface area contributed by atoms with E-state index < -0.39 is 25.8 Å². The molecule has 0 spiro atoms. The van der Waals surface area contributed by atoms with Crippen LogP contribution < -0.4 is 5.32 Å². The molecule has 0 amide bonds. The summed E-state index contributed by atoms with van der Waals surface area (Å²) >= 11 is 6.16. The lowest BCUT2D eigenvalue weighted by Gasteiger charge is -2.21. The molecule has 4 rings (SSSR count). The SMILES string of the molecule is [2H]c1c(Cl)ccc2c1CCc1c(ncc(O)c1[2H])C2=C1C([2H])C([2H])NC([2H])C1[2H]. The zero-order valence-electron chi connectivity index (χ0n) is 18.2. The number of benzene rings is 1. The van der Waals surface area contributed by atoms with Crippen LogP contribution in [0.2, 0.25) is 5.02 Å². The number of halogens is 1. The van der Waals surface area contributed by atoms with Crippen molar-refractivity contribution in [3.63, 3.8) is 0 Å². The first-order chi connectivity index (χ1) is 13.7. The topological polar surface area (TPSA) is 45.2 Å². The average molecular weight is 333 g/mol. The van der Waals surface area contributed by atoms with E-state index in [4.69, 9.17) is 19.8 Å². The summed E-state index contributed by atoms with van der Waals surface area (Å²) in [5.41, 5.74) is 2.67. The summed E-state index contributed by atoms with van der Waals surface area (Å²) in [6.07, 6.45) is -0.359. The minimum Gasteiger partial charge on any atom is -0.506 e. The van der Waals surface area contributed by atoms with Gasteiger partial charge in [0.15, 0.2) is 0 Å². The van der Waals surface area contributed by atoms with Gasteiger partial charge in [-0.15, -0.1) is 0 Å². The Kier molecular flexibility index (Phi) is 2.46. The van der Waals surface area contributed by atoms with Crippen LogP contribution >= 0.6 is 11.6 Å². The van der Waals surface area contributed by atoms with Gasteiger partial charge >= 0.3 is 0 Å². The molecule has 4 heteroatoms. The zero-order valence-corrected chi connectivity index (χ0v) is 13.0. The van der Waals surface area contributed by atoms with Gasteiger partial charge in [-0.2, -0.15) is 0 Å². The highest BCUT2D eigenvalue weighted by atomic mass is 35.5. The van der Waals surface area contributed by atoms with Gasteiger partial charge in [0, 0.05) is 16.1 Å². The van der Waals surface area contributed by atoms with Crippen LogP contribution in [0.4, 0.5) is 0 Å². The number of hydrogen-bond donors (Lipinski definition) is 2. The predicted octanol–water partition coefficient (Wildman–Crippen LogP) is 3.72. The van der Waals surface area contributed by atoms with E-state index in [1.54, 1.807) is 12.1 Å². The van der Waals surface area contributed by atoms with E-state index in [1.165, 1.54) is 6.20 Å². The Balaban J connectivity index is 2.12. The summed E-state index contributed by atoms with van der Waals surface area (Å²) < 4.78 is 50.0. The van der Waals surface area contributed by atoms with E-state index in [0.717, 1.165) is 0 Å². The maximum Gasteiger partial charge on any atom is 0.134 e. The molecule has 4 unspecified atom stereocenters. The van der Waals surface area contributed by atoms with E-state index in [1.807, 2.05) is 0 Å². The number of piperidine rings is 1. The lowest BCUT2D eigenvalue weighted by molar-refractivity contribution is 0.471. The lowest BCUT2D eigenvalue weighted by Crippen LogP contribution is -2.24. The van der Waals surface area contributed by atoms with Crippen LogP contribution in [0.1, 0.15) is 43.4 Å². The molecule has 1 saturated heterocycles. The lowest BCUT2D eigenvalue weighted by atomic mass is 9.89. The highest BCUT2D eigenvalue weighted by Gasteiger charge is 2.23. The fourth-order valence-electron chi connectivity index (χ4n) is 3.01. The number of nitrogens with one attached hydrogen (secondary N) is 1. The first kappa shape index (κ1) is 9.45. The number of aromatic nitrogens is 1. The predicted molar refractivity (Wildman–Crippen MR) is 92.9 cm³/mol. The summed E-state index contributed by atoms with van der Waals surface area (Å²) in [7, 11) is 0. The van der Waals surface area contributed by atoms with Crippen molar-refractivity contribution in [1.29, 1.82) is 0 Å². The van der Waals surface area contributed by atoms with E-state index in [0.29, 0.717) is 40.8 Å². The summed E-state index contributed by atoms with van der Waals surface area (Å²) in [6.45, 7) is -2.18. The number of nitrogens with zero attached hydrogens (tertiary/aromatic N) is 1. The summed E-state index contributed by atoms with van der Waals surface area (Å²) in [6, 6.07) is 3.34. The van der Waals surface area contributed by atoms with Crippen molar-refractivity contribution in [1.82, 2.24) is 10.3 Å². The number of aromatic hydroxyl groups is 1. The third kappa shape index (κ3) is 2.75.